The summed E-state index contributed by atoms with van der Waals surface area (Å²) in [6.45, 7) is 1.68. The number of aromatic amines is 1. The molecule has 0 saturated heterocycles. The van der Waals surface area contributed by atoms with E-state index in [1.807, 2.05) is 0 Å². The largest absolute Gasteiger partial charge is 0.466 e. The maximum atomic E-state index is 13.6. The first-order chi connectivity index (χ1) is 10.1. The first kappa shape index (κ1) is 15.2. The monoisotopic (exact) mass is 307 g/mol. The van der Waals surface area contributed by atoms with Gasteiger partial charge in [0.15, 0.2) is 5.82 Å². The summed E-state index contributed by atoms with van der Waals surface area (Å²) in [5, 5.41) is 7.20. The van der Waals surface area contributed by atoms with Crippen LogP contribution in [0.1, 0.15) is 6.92 Å². The van der Waals surface area contributed by atoms with Gasteiger partial charge >= 0.3 is 5.97 Å². The van der Waals surface area contributed by atoms with Crippen molar-refractivity contribution in [3.63, 3.8) is 0 Å². The van der Waals surface area contributed by atoms with E-state index in [0.29, 0.717) is 27.9 Å². The van der Waals surface area contributed by atoms with E-state index in [4.69, 9.17) is 0 Å². The van der Waals surface area contributed by atoms with Crippen molar-refractivity contribution in [3.05, 3.63) is 41.7 Å². The summed E-state index contributed by atoms with van der Waals surface area (Å²) < 4.78 is 18.2. The van der Waals surface area contributed by atoms with E-state index in [0.717, 1.165) is 0 Å². The number of hydrogen-bond donors (Lipinski definition) is 1. The third-order valence-electron chi connectivity index (χ3n) is 2.70. The number of esters is 1. The minimum absolute atomic E-state index is 0.355. The molecule has 5 nitrogen and oxygen atoms in total. The van der Waals surface area contributed by atoms with Gasteiger partial charge < -0.3 is 4.74 Å². The zero-order valence-corrected chi connectivity index (χ0v) is 12.4. The first-order valence-electron chi connectivity index (χ1n) is 6.17. The number of methoxy groups -OCH3 is 1. The van der Waals surface area contributed by atoms with Crippen molar-refractivity contribution >= 4 is 17.7 Å². The number of carbonyl (C=O) groups excluding carboxylic acids is 1. The summed E-state index contributed by atoms with van der Waals surface area (Å²) in [5.74, 6) is 0.184. The highest BCUT2D eigenvalue weighted by atomic mass is 32.2. The maximum Gasteiger partial charge on any atom is 0.333 e. The first-order valence-corrected chi connectivity index (χ1v) is 7.15. The molecule has 1 heterocycles. The van der Waals surface area contributed by atoms with Crippen LogP contribution in [0.3, 0.4) is 0 Å². The van der Waals surface area contributed by atoms with Gasteiger partial charge in [0, 0.05) is 11.3 Å². The van der Waals surface area contributed by atoms with Gasteiger partial charge in [-0.15, -0.1) is 5.10 Å². The van der Waals surface area contributed by atoms with Gasteiger partial charge in [0.1, 0.15) is 5.82 Å². The molecule has 1 N–H and O–H groups in total. The Morgan fingerprint density at radius 3 is 2.95 bits per heavy atom. The Kier molecular flexibility index (Phi) is 5.10. The number of hydrogen-bond acceptors (Lipinski definition) is 5. The Morgan fingerprint density at radius 2 is 2.24 bits per heavy atom. The van der Waals surface area contributed by atoms with Crippen LogP contribution in [0.15, 0.2) is 41.1 Å². The minimum Gasteiger partial charge on any atom is -0.466 e. The molecule has 2 aromatic rings. The van der Waals surface area contributed by atoms with Gasteiger partial charge in [-0.3, -0.25) is 5.10 Å². The summed E-state index contributed by atoms with van der Waals surface area (Å²) in [5.41, 5.74) is 0.896. The lowest BCUT2D eigenvalue weighted by atomic mass is 10.2. The third kappa shape index (κ3) is 3.91. The molecule has 0 saturated carbocycles. The van der Waals surface area contributed by atoms with E-state index in [1.54, 1.807) is 31.2 Å². The Balaban J connectivity index is 2.02. The van der Waals surface area contributed by atoms with Crippen molar-refractivity contribution in [2.45, 2.75) is 12.1 Å². The molecule has 110 valence electrons. The number of H-pyrrole nitrogens is 1. The van der Waals surface area contributed by atoms with Gasteiger partial charge in [-0.25, -0.2) is 14.2 Å². The molecule has 7 heteroatoms. The van der Waals surface area contributed by atoms with Gasteiger partial charge in [0.05, 0.1) is 12.7 Å². The van der Waals surface area contributed by atoms with E-state index in [-0.39, 0.29) is 11.8 Å². The molecule has 0 amide bonds. The number of thioether (sulfide) groups is 1. The molecule has 0 aliphatic carbocycles. The highest BCUT2D eigenvalue weighted by molar-refractivity contribution is 7.99. The van der Waals surface area contributed by atoms with Crippen molar-refractivity contribution < 1.29 is 13.9 Å². The fourth-order valence-corrected chi connectivity index (χ4v) is 2.32. The molecule has 0 fully saturated rings. The molecule has 0 atom stereocenters. The number of ether oxygens (including phenoxy) is 1. The van der Waals surface area contributed by atoms with Gasteiger partial charge in [-0.05, 0) is 19.1 Å². The molecule has 2 rings (SSSR count). The Labute approximate surface area is 125 Å². The molecule has 1 aromatic heterocycles. The molecule has 0 unspecified atom stereocenters. The van der Waals surface area contributed by atoms with E-state index in [2.05, 4.69) is 19.9 Å². The fourth-order valence-electron chi connectivity index (χ4n) is 1.57. The summed E-state index contributed by atoms with van der Waals surface area (Å²) in [7, 11) is 1.34. The summed E-state index contributed by atoms with van der Waals surface area (Å²) in [4.78, 5) is 15.4. The number of carbonyl (C=O) groups is 1. The summed E-state index contributed by atoms with van der Waals surface area (Å²) in [6, 6.07) is 6.35. The Morgan fingerprint density at radius 1 is 1.48 bits per heavy atom. The van der Waals surface area contributed by atoms with Crippen LogP contribution in [0.5, 0.6) is 0 Å². The van der Waals surface area contributed by atoms with Gasteiger partial charge in [-0.1, -0.05) is 30.0 Å². The highest BCUT2D eigenvalue weighted by Crippen LogP contribution is 2.21. The molecule has 0 aliphatic rings. The predicted octanol–water partition coefficient (Wildman–Crippen LogP) is 2.82. The molecular weight excluding hydrogens is 293 g/mol. The lowest BCUT2D eigenvalue weighted by Gasteiger charge is -1.97. The summed E-state index contributed by atoms with van der Waals surface area (Å²) >= 11 is 1.34. The van der Waals surface area contributed by atoms with Crippen molar-refractivity contribution in [2.24, 2.45) is 0 Å². The average Bonchev–Trinajstić information content (AvgIpc) is 2.95. The van der Waals surface area contributed by atoms with E-state index in [1.165, 1.54) is 24.9 Å². The topological polar surface area (TPSA) is 67.9 Å². The fraction of sp³-hybridized carbons (Fsp3) is 0.214. The van der Waals surface area contributed by atoms with Gasteiger partial charge in [0.25, 0.3) is 0 Å². The standard InChI is InChI=1S/C14H14FN3O2S/c1-9(13(19)20-2)7-8-21-14-16-12(17-18-14)10-5-3-4-6-11(10)15/h3-7H,8H2,1-2H3,(H,16,17,18)/b9-7-. The number of nitrogens with one attached hydrogen (secondary N) is 1. The zero-order valence-electron chi connectivity index (χ0n) is 11.6. The second kappa shape index (κ2) is 7.03. The predicted molar refractivity (Wildman–Crippen MR) is 78.3 cm³/mol. The van der Waals surface area contributed by atoms with Crippen LogP contribution in [0.2, 0.25) is 0 Å². The van der Waals surface area contributed by atoms with E-state index < -0.39 is 0 Å². The molecule has 0 spiro atoms. The second-order valence-corrected chi connectivity index (χ2v) is 5.12. The van der Waals surface area contributed by atoms with Crippen molar-refractivity contribution in [1.82, 2.24) is 15.2 Å². The van der Waals surface area contributed by atoms with Crippen molar-refractivity contribution in [3.8, 4) is 11.4 Å². The quantitative estimate of drug-likeness (QED) is 0.522. The smallest absolute Gasteiger partial charge is 0.333 e. The van der Waals surface area contributed by atoms with Crippen LogP contribution in [-0.4, -0.2) is 34.0 Å². The number of aromatic nitrogens is 3. The van der Waals surface area contributed by atoms with Crippen LogP contribution < -0.4 is 0 Å². The Bertz CT molecular complexity index is 670. The van der Waals surface area contributed by atoms with Crippen LogP contribution in [-0.2, 0) is 9.53 Å². The molecule has 0 radical (unpaired) electrons. The number of halogens is 1. The van der Waals surface area contributed by atoms with Gasteiger partial charge in [-0.2, -0.15) is 0 Å². The molecule has 0 bridgehead atoms. The number of nitrogens with zero attached hydrogens (tertiary/aromatic N) is 2. The molecule has 1 aromatic carbocycles. The molecule has 0 aliphatic heterocycles. The van der Waals surface area contributed by atoms with Gasteiger partial charge in [0.2, 0.25) is 5.16 Å². The normalized spacial score (nSPS) is 11.5. The number of benzene rings is 1. The third-order valence-corrected chi connectivity index (χ3v) is 3.48. The van der Waals surface area contributed by atoms with Crippen LogP contribution in [0.25, 0.3) is 11.4 Å². The van der Waals surface area contributed by atoms with Crippen LogP contribution in [0, 0.1) is 5.82 Å². The molecular formula is C14H14FN3O2S. The van der Waals surface area contributed by atoms with Crippen LogP contribution >= 0.6 is 11.8 Å². The lowest BCUT2D eigenvalue weighted by Crippen LogP contribution is -2.01. The minimum atomic E-state index is -0.363. The summed E-state index contributed by atoms with van der Waals surface area (Å²) in [6.07, 6.45) is 1.73. The lowest BCUT2D eigenvalue weighted by molar-refractivity contribution is -0.136. The zero-order chi connectivity index (χ0) is 15.2. The second-order valence-electron chi connectivity index (χ2n) is 4.14. The van der Waals surface area contributed by atoms with E-state index in [9.17, 15) is 9.18 Å². The number of rotatable bonds is 5. The van der Waals surface area contributed by atoms with Crippen molar-refractivity contribution in [2.75, 3.05) is 12.9 Å². The van der Waals surface area contributed by atoms with E-state index >= 15 is 0 Å². The SMILES string of the molecule is COC(=O)/C(C)=C\CSc1n[nH]c(-c2ccccc2F)n1. The maximum absolute atomic E-state index is 13.6. The Hall–Kier alpha value is -2.15. The van der Waals surface area contributed by atoms with Crippen molar-refractivity contribution in [1.29, 1.82) is 0 Å². The highest BCUT2D eigenvalue weighted by Gasteiger charge is 2.10. The average molecular weight is 307 g/mol. The van der Waals surface area contributed by atoms with Crippen LogP contribution in [0.4, 0.5) is 4.39 Å². The molecule has 21 heavy (non-hydrogen) atoms.